The van der Waals surface area contributed by atoms with E-state index in [1.54, 1.807) is 0 Å². The Bertz CT molecular complexity index is 434. The molecule has 0 spiro atoms. The Morgan fingerprint density at radius 1 is 1.00 bits per heavy atom. The van der Waals surface area contributed by atoms with E-state index >= 15 is 0 Å². The average Bonchev–Trinajstić information content (AvgIpc) is 2.73. The van der Waals surface area contributed by atoms with Crippen LogP contribution in [0.1, 0.15) is 78.6 Å². The summed E-state index contributed by atoms with van der Waals surface area (Å²) in [5.74, 6) is 0. The first-order valence-corrected chi connectivity index (χ1v) is 9.61. The van der Waals surface area contributed by atoms with Gasteiger partial charge in [0.15, 0.2) is 5.15 Å². The lowest BCUT2D eigenvalue weighted by atomic mass is 9.88. The van der Waals surface area contributed by atoms with Crippen LogP contribution in [-0.4, -0.2) is 9.78 Å². The zero-order valence-corrected chi connectivity index (χ0v) is 16.5. The Balaban J connectivity index is 2.79. The first-order valence-electron chi connectivity index (χ1n) is 8.06. The minimum atomic E-state index is -0.0467. The number of halogens is 3. The normalized spacial score (nSPS) is 14.4. The van der Waals surface area contributed by atoms with Gasteiger partial charge in [-0.2, -0.15) is 5.10 Å². The van der Waals surface area contributed by atoms with E-state index in [0.717, 1.165) is 12.8 Å². The van der Waals surface area contributed by atoms with Gasteiger partial charge in [-0.1, -0.05) is 82.0 Å². The number of unbranched alkanes of at least 4 members (excludes halogenated alkanes) is 5. The summed E-state index contributed by atoms with van der Waals surface area (Å²) in [6, 6.07) is 0. The summed E-state index contributed by atoms with van der Waals surface area (Å²) in [4.78, 5) is 0. The van der Waals surface area contributed by atoms with Gasteiger partial charge in [0.25, 0.3) is 0 Å². The number of nitrogens with zero attached hydrogens (tertiary/aromatic N) is 2. The summed E-state index contributed by atoms with van der Waals surface area (Å²) >= 11 is 15.9. The third-order valence-electron chi connectivity index (χ3n) is 4.14. The predicted octanol–water partition coefficient (Wildman–Crippen LogP) is 7.22. The number of hydrogen-bond acceptors (Lipinski definition) is 1. The maximum Gasteiger partial charge on any atom is 0.166 e. The molecular formula is C16H27BrCl2N2. The molecule has 0 aliphatic carbocycles. The van der Waals surface area contributed by atoms with Crippen molar-refractivity contribution in [2.75, 3.05) is 0 Å². The number of aromatic nitrogens is 2. The van der Waals surface area contributed by atoms with Crippen LogP contribution in [-0.2, 0) is 5.54 Å². The summed E-state index contributed by atoms with van der Waals surface area (Å²) in [5.41, 5.74) is -0.0467. The summed E-state index contributed by atoms with van der Waals surface area (Å²) in [6.07, 6.45) is 11.0. The first kappa shape index (κ1) is 19.3. The fourth-order valence-corrected chi connectivity index (χ4v) is 3.51. The Kier molecular flexibility index (Phi) is 8.66. The van der Waals surface area contributed by atoms with Gasteiger partial charge in [0.1, 0.15) is 5.15 Å². The molecule has 1 unspecified atom stereocenters. The molecular weight excluding hydrogens is 371 g/mol. The van der Waals surface area contributed by atoms with Crippen molar-refractivity contribution in [2.24, 2.45) is 0 Å². The Labute approximate surface area is 147 Å². The maximum absolute atomic E-state index is 6.41. The van der Waals surface area contributed by atoms with Crippen LogP contribution in [0.5, 0.6) is 0 Å². The Morgan fingerprint density at radius 2 is 1.57 bits per heavy atom. The van der Waals surface area contributed by atoms with Crippen LogP contribution >= 0.6 is 39.1 Å². The second-order valence-corrected chi connectivity index (χ2v) is 7.58. The molecule has 0 bridgehead atoms. The largest absolute Gasteiger partial charge is 0.245 e. The molecule has 1 aromatic rings. The van der Waals surface area contributed by atoms with Gasteiger partial charge in [0.05, 0.1) is 10.0 Å². The van der Waals surface area contributed by atoms with Crippen molar-refractivity contribution in [2.45, 2.75) is 84.1 Å². The lowest BCUT2D eigenvalue weighted by molar-refractivity contribution is 0.229. The molecule has 0 N–H and O–H groups in total. The van der Waals surface area contributed by atoms with Gasteiger partial charge in [-0.25, -0.2) is 4.68 Å². The zero-order chi connectivity index (χ0) is 15.9. The molecule has 0 aliphatic heterocycles. The third kappa shape index (κ3) is 5.44. The molecule has 1 aromatic heterocycles. The van der Waals surface area contributed by atoms with E-state index < -0.39 is 0 Å². The molecule has 0 radical (unpaired) electrons. The standard InChI is InChI=1S/C16H27BrCl2N2/c1-4-6-8-9-10-12-16(3,11-7-5-2)21-15(19)13(17)14(18)20-21/h4-12H2,1-3H3. The van der Waals surface area contributed by atoms with Crippen LogP contribution in [0.4, 0.5) is 0 Å². The second kappa shape index (κ2) is 9.42. The van der Waals surface area contributed by atoms with E-state index in [-0.39, 0.29) is 5.54 Å². The Morgan fingerprint density at radius 3 is 2.10 bits per heavy atom. The highest BCUT2D eigenvalue weighted by molar-refractivity contribution is 9.10. The zero-order valence-electron chi connectivity index (χ0n) is 13.4. The van der Waals surface area contributed by atoms with Crippen molar-refractivity contribution in [1.82, 2.24) is 9.78 Å². The molecule has 0 fully saturated rings. The van der Waals surface area contributed by atoms with Crippen LogP contribution in [0.2, 0.25) is 10.3 Å². The van der Waals surface area contributed by atoms with E-state index in [4.69, 9.17) is 23.2 Å². The minimum Gasteiger partial charge on any atom is -0.245 e. The van der Waals surface area contributed by atoms with E-state index in [0.29, 0.717) is 14.8 Å². The molecule has 0 saturated carbocycles. The van der Waals surface area contributed by atoms with Gasteiger partial charge >= 0.3 is 0 Å². The van der Waals surface area contributed by atoms with E-state index in [1.165, 1.54) is 44.9 Å². The highest BCUT2D eigenvalue weighted by Gasteiger charge is 2.30. The van der Waals surface area contributed by atoms with Crippen molar-refractivity contribution < 1.29 is 0 Å². The molecule has 122 valence electrons. The fourth-order valence-electron chi connectivity index (χ4n) is 2.72. The monoisotopic (exact) mass is 396 g/mol. The lowest BCUT2D eigenvalue weighted by Gasteiger charge is -2.31. The molecule has 1 atom stereocenters. The van der Waals surface area contributed by atoms with Crippen LogP contribution in [0.15, 0.2) is 4.47 Å². The highest BCUT2D eigenvalue weighted by atomic mass is 79.9. The highest BCUT2D eigenvalue weighted by Crippen LogP contribution is 2.38. The lowest BCUT2D eigenvalue weighted by Crippen LogP contribution is -2.31. The summed E-state index contributed by atoms with van der Waals surface area (Å²) in [7, 11) is 0. The van der Waals surface area contributed by atoms with Crippen LogP contribution in [0.25, 0.3) is 0 Å². The summed E-state index contributed by atoms with van der Waals surface area (Å²) in [5, 5.41) is 5.52. The van der Waals surface area contributed by atoms with E-state index in [2.05, 4.69) is 41.8 Å². The van der Waals surface area contributed by atoms with Crippen molar-refractivity contribution >= 4 is 39.1 Å². The minimum absolute atomic E-state index is 0.0467. The summed E-state index contributed by atoms with van der Waals surface area (Å²) in [6.45, 7) is 6.72. The van der Waals surface area contributed by atoms with Gasteiger partial charge < -0.3 is 0 Å². The maximum atomic E-state index is 6.41. The van der Waals surface area contributed by atoms with Gasteiger partial charge in [0.2, 0.25) is 0 Å². The van der Waals surface area contributed by atoms with E-state index in [9.17, 15) is 0 Å². The van der Waals surface area contributed by atoms with E-state index in [1.807, 2.05) is 4.68 Å². The van der Waals surface area contributed by atoms with Crippen molar-refractivity contribution in [3.63, 3.8) is 0 Å². The van der Waals surface area contributed by atoms with Gasteiger partial charge in [0, 0.05) is 0 Å². The molecule has 0 amide bonds. The average molecular weight is 398 g/mol. The third-order valence-corrected chi connectivity index (χ3v) is 5.96. The van der Waals surface area contributed by atoms with Gasteiger partial charge in [-0.15, -0.1) is 0 Å². The molecule has 0 aliphatic rings. The molecule has 2 nitrogen and oxygen atoms in total. The van der Waals surface area contributed by atoms with Crippen LogP contribution in [0.3, 0.4) is 0 Å². The molecule has 1 rings (SSSR count). The number of rotatable bonds is 10. The Hall–Kier alpha value is 0.270. The van der Waals surface area contributed by atoms with Crippen molar-refractivity contribution in [1.29, 1.82) is 0 Å². The van der Waals surface area contributed by atoms with Crippen LogP contribution in [0, 0.1) is 0 Å². The molecule has 1 heterocycles. The number of hydrogen-bond donors (Lipinski definition) is 0. The predicted molar refractivity (Wildman–Crippen MR) is 96.5 cm³/mol. The quantitative estimate of drug-likeness (QED) is 0.381. The fraction of sp³-hybridized carbons (Fsp3) is 0.812. The van der Waals surface area contributed by atoms with Crippen molar-refractivity contribution in [3.05, 3.63) is 14.8 Å². The second-order valence-electron chi connectivity index (χ2n) is 6.07. The SMILES string of the molecule is CCCCCCCC(C)(CCCC)n1nc(Cl)c(Br)c1Cl. The smallest absolute Gasteiger partial charge is 0.166 e. The molecule has 21 heavy (non-hydrogen) atoms. The van der Waals surface area contributed by atoms with Gasteiger partial charge in [-0.3, -0.25) is 0 Å². The molecule has 0 aromatic carbocycles. The van der Waals surface area contributed by atoms with Crippen molar-refractivity contribution in [3.8, 4) is 0 Å². The topological polar surface area (TPSA) is 17.8 Å². The molecule has 0 saturated heterocycles. The summed E-state index contributed by atoms with van der Waals surface area (Å²) < 4.78 is 2.63. The van der Waals surface area contributed by atoms with Gasteiger partial charge in [-0.05, 0) is 35.7 Å². The molecule has 5 heteroatoms. The van der Waals surface area contributed by atoms with Crippen LogP contribution < -0.4 is 0 Å². The first-order chi connectivity index (χ1) is 9.96.